The van der Waals surface area contributed by atoms with Gasteiger partial charge in [0.25, 0.3) is 0 Å². The van der Waals surface area contributed by atoms with Gasteiger partial charge in [-0.3, -0.25) is 4.79 Å². The third kappa shape index (κ3) is 4.03. The van der Waals surface area contributed by atoms with E-state index in [1.165, 1.54) is 0 Å². The average Bonchev–Trinajstić information content (AvgIpc) is 2.93. The summed E-state index contributed by atoms with van der Waals surface area (Å²) in [6, 6.07) is -0.591. The number of rotatable bonds is 1. The van der Waals surface area contributed by atoms with E-state index in [4.69, 9.17) is 9.47 Å². The first-order valence-corrected chi connectivity index (χ1v) is 10.4. The molecule has 2 aliphatic heterocycles. The van der Waals surface area contributed by atoms with Crippen LogP contribution >= 0.6 is 11.3 Å². The van der Waals surface area contributed by atoms with Crippen LogP contribution in [0.3, 0.4) is 0 Å². The highest BCUT2D eigenvalue weighted by Crippen LogP contribution is 2.52. The Morgan fingerprint density at radius 1 is 1.24 bits per heavy atom. The number of amides is 1. The van der Waals surface area contributed by atoms with Crippen LogP contribution in [0.5, 0.6) is 0 Å². The molecule has 2 aliphatic rings. The van der Waals surface area contributed by atoms with Crippen molar-refractivity contribution in [3.63, 3.8) is 0 Å². The predicted octanol–water partition coefficient (Wildman–Crippen LogP) is 5.16. The smallest absolute Gasteiger partial charge is 0.426 e. The van der Waals surface area contributed by atoms with E-state index in [0.29, 0.717) is 40.9 Å². The molecule has 1 spiro atoms. The highest BCUT2D eigenvalue weighted by molar-refractivity contribution is 7.12. The highest BCUT2D eigenvalue weighted by Gasteiger charge is 2.51. The van der Waals surface area contributed by atoms with Gasteiger partial charge in [0.05, 0.1) is 6.61 Å². The summed E-state index contributed by atoms with van der Waals surface area (Å²) in [6.07, 6.45) is -3.76. The second-order valence-electron chi connectivity index (χ2n) is 8.85. The molecule has 29 heavy (non-hydrogen) atoms. The zero-order valence-electron chi connectivity index (χ0n) is 17.2. The third-order valence-electron chi connectivity index (χ3n) is 5.37. The molecule has 1 aromatic rings. The molecular formula is C20H26F3NO4S. The molecule has 0 N–H and O–H groups in total. The van der Waals surface area contributed by atoms with Gasteiger partial charge < -0.3 is 14.4 Å². The maximum atomic E-state index is 13.5. The van der Waals surface area contributed by atoms with Gasteiger partial charge in [-0.15, -0.1) is 11.3 Å². The van der Waals surface area contributed by atoms with E-state index in [0.717, 1.165) is 0 Å². The fourth-order valence-corrected chi connectivity index (χ4v) is 5.84. The molecule has 1 saturated heterocycles. The van der Waals surface area contributed by atoms with Gasteiger partial charge in [-0.25, -0.2) is 4.79 Å². The molecular weight excluding hydrogens is 407 g/mol. The molecule has 0 saturated carbocycles. The molecule has 9 heteroatoms. The van der Waals surface area contributed by atoms with Crippen molar-refractivity contribution in [1.82, 2.24) is 4.90 Å². The monoisotopic (exact) mass is 433 g/mol. The van der Waals surface area contributed by atoms with E-state index < -0.39 is 28.3 Å². The summed E-state index contributed by atoms with van der Waals surface area (Å²) in [5.41, 5.74) is -1.41. The standard InChI is InChI=1S/C20H26F3NO4S/c1-11-8-19(9-12(2)24(11)17(26)28-18(3,4)5)15-13(6-7-27-19)14(10-25)16(29-15)20(21,22)23/h10-12H,6-9H2,1-5H3. The van der Waals surface area contributed by atoms with Gasteiger partial charge in [0.1, 0.15) is 16.1 Å². The quantitative estimate of drug-likeness (QED) is 0.575. The Balaban J connectivity index is 1.98. The van der Waals surface area contributed by atoms with Crippen molar-refractivity contribution < 1.29 is 32.2 Å². The maximum Gasteiger partial charge on any atom is 0.426 e. The summed E-state index contributed by atoms with van der Waals surface area (Å²) in [7, 11) is 0. The number of ether oxygens (including phenoxy) is 2. The fourth-order valence-electron chi connectivity index (χ4n) is 4.49. The van der Waals surface area contributed by atoms with E-state index in [-0.39, 0.29) is 30.7 Å². The van der Waals surface area contributed by atoms with Crippen molar-refractivity contribution in [2.75, 3.05) is 6.61 Å². The van der Waals surface area contributed by atoms with Crippen LogP contribution in [0, 0.1) is 0 Å². The number of carbonyl (C=O) groups is 2. The topological polar surface area (TPSA) is 55.8 Å². The number of likely N-dealkylation sites (tertiary alicyclic amines) is 1. The first-order valence-electron chi connectivity index (χ1n) is 9.63. The highest BCUT2D eigenvalue weighted by atomic mass is 32.1. The zero-order chi connectivity index (χ0) is 21.8. The minimum atomic E-state index is -4.59. The molecule has 1 aromatic heterocycles. The number of fused-ring (bicyclic) bond motifs is 2. The number of hydrogen-bond acceptors (Lipinski definition) is 5. The maximum absolute atomic E-state index is 13.5. The van der Waals surface area contributed by atoms with Crippen LogP contribution in [0.1, 0.15) is 73.1 Å². The normalized spacial score (nSPS) is 27.7. The molecule has 162 valence electrons. The van der Waals surface area contributed by atoms with Crippen molar-refractivity contribution in [3.8, 4) is 0 Å². The Bertz CT molecular complexity index is 800. The van der Waals surface area contributed by atoms with Crippen LogP contribution in [0.2, 0.25) is 0 Å². The van der Waals surface area contributed by atoms with Gasteiger partial charge in [0.15, 0.2) is 6.29 Å². The summed E-state index contributed by atoms with van der Waals surface area (Å²) in [6.45, 7) is 9.29. The molecule has 3 rings (SSSR count). The average molecular weight is 433 g/mol. The van der Waals surface area contributed by atoms with Gasteiger partial charge in [0.2, 0.25) is 0 Å². The molecule has 0 radical (unpaired) electrons. The molecule has 0 bridgehead atoms. The molecule has 1 fully saturated rings. The van der Waals surface area contributed by atoms with Crippen molar-refractivity contribution >= 4 is 23.7 Å². The second-order valence-corrected chi connectivity index (χ2v) is 9.88. The van der Waals surface area contributed by atoms with Gasteiger partial charge in [0, 0.05) is 35.4 Å². The SMILES string of the molecule is CC1CC2(CC(C)N1C(=O)OC(C)(C)C)OCCc1c2sc(C(F)(F)F)c1C=O. The number of aldehydes is 1. The van der Waals surface area contributed by atoms with E-state index in [1.54, 1.807) is 25.7 Å². The van der Waals surface area contributed by atoms with E-state index in [9.17, 15) is 22.8 Å². The lowest BCUT2D eigenvalue weighted by Gasteiger charge is -2.50. The lowest BCUT2D eigenvalue weighted by atomic mass is 9.78. The Kier molecular flexibility index (Phi) is 5.53. The minimum Gasteiger partial charge on any atom is -0.444 e. The number of nitrogens with zero attached hydrogens (tertiary/aromatic N) is 1. The largest absolute Gasteiger partial charge is 0.444 e. The second kappa shape index (κ2) is 7.27. The molecule has 5 nitrogen and oxygen atoms in total. The summed E-state index contributed by atoms with van der Waals surface area (Å²) >= 11 is 0.607. The molecule has 3 heterocycles. The Labute approximate surface area is 172 Å². The Morgan fingerprint density at radius 2 is 1.83 bits per heavy atom. The van der Waals surface area contributed by atoms with Gasteiger partial charge >= 0.3 is 12.3 Å². The Hall–Kier alpha value is -1.61. The number of piperidine rings is 1. The fraction of sp³-hybridized carbons (Fsp3) is 0.700. The molecule has 2 unspecified atom stereocenters. The zero-order valence-corrected chi connectivity index (χ0v) is 18.0. The number of halogens is 3. The first kappa shape index (κ1) is 22.1. The first-order chi connectivity index (χ1) is 13.3. The number of alkyl halides is 3. The van der Waals surface area contributed by atoms with Gasteiger partial charge in [-0.2, -0.15) is 13.2 Å². The van der Waals surface area contributed by atoms with E-state index in [1.807, 2.05) is 13.8 Å². The lowest BCUT2D eigenvalue weighted by molar-refractivity contribution is -0.134. The van der Waals surface area contributed by atoms with Crippen LogP contribution in [-0.4, -0.2) is 41.6 Å². The molecule has 2 atom stereocenters. The van der Waals surface area contributed by atoms with Gasteiger partial charge in [-0.05, 0) is 46.6 Å². The van der Waals surface area contributed by atoms with Crippen LogP contribution in [0.4, 0.5) is 18.0 Å². The molecule has 0 aromatic carbocycles. The number of carbonyl (C=O) groups excluding carboxylic acids is 2. The summed E-state index contributed by atoms with van der Waals surface area (Å²) < 4.78 is 52.1. The number of thiophene rings is 1. The van der Waals surface area contributed by atoms with E-state index >= 15 is 0 Å². The number of hydrogen-bond donors (Lipinski definition) is 0. The predicted molar refractivity (Wildman–Crippen MR) is 102 cm³/mol. The molecule has 1 amide bonds. The summed E-state index contributed by atoms with van der Waals surface area (Å²) in [5, 5.41) is 0. The van der Waals surface area contributed by atoms with Crippen LogP contribution < -0.4 is 0 Å². The van der Waals surface area contributed by atoms with Crippen LogP contribution in [0.15, 0.2) is 0 Å². The lowest BCUT2D eigenvalue weighted by Crippen LogP contribution is -2.57. The third-order valence-corrected chi connectivity index (χ3v) is 6.85. The van der Waals surface area contributed by atoms with Crippen molar-refractivity contribution in [2.24, 2.45) is 0 Å². The van der Waals surface area contributed by atoms with Crippen molar-refractivity contribution in [1.29, 1.82) is 0 Å². The van der Waals surface area contributed by atoms with Crippen molar-refractivity contribution in [2.45, 2.75) is 83.3 Å². The Morgan fingerprint density at radius 3 is 2.31 bits per heavy atom. The summed E-state index contributed by atoms with van der Waals surface area (Å²) in [5.74, 6) is 0. The van der Waals surface area contributed by atoms with E-state index in [2.05, 4.69) is 0 Å². The van der Waals surface area contributed by atoms with Crippen LogP contribution in [0.25, 0.3) is 0 Å². The molecule has 0 aliphatic carbocycles. The minimum absolute atomic E-state index is 0.244. The van der Waals surface area contributed by atoms with Gasteiger partial charge in [-0.1, -0.05) is 0 Å². The van der Waals surface area contributed by atoms with Crippen molar-refractivity contribution in [3.05, 3.63) is 20.9 Å². The summed E-state index contributed by atoms with van der Waals surface area (Å²) in [4.78, 5) is 25.4. The van der Waals surface area contributed by atoms with Crippen LogP contribution in [-0.2, 0) is 27.7 Å².